The van der Waals surface area contributed by atoms with Gasteiger partial charge in [0.15, 0.2) is 5.78 Å². The lowest BCUT2D eigenvalue weighted by Crippen LogP contribution is -2.23. The minimum absolute atomic E-state index is 0.0290. The summed E-state index contributed by atoms with van der Waals surface area (Å²) in [7, 11) is 0. The fourth-order valence-electron chi connectivity index (χ4n) is 3.20. The van der Waals surface area contributed by atoms with Crippen LogP contribution in [0.1, 0.15) is 52.7 Å². The molecule has 2 aromatic carbocycles. The molecule has 0 spiro atoms. The van der Waals surface area contributed by atoms with Crippen LogP contribution < -0.4 is 5.32 Å². The molecule has 1 aliphatic carbocycles. The van der Waals surface area contributed by atoms with Gasteiger partial charge in [0.1, 0.15) is 0 Å². The van der Waals surface area contributed by atoms with E-state index in [0.29, 0.717) is 11.6 Å². The molecule has 0 radical (unpaired) electrons. The molecule has 0 saturated carbocycles. The van der Waals surface area contributed by atoms with Gasteiger partial charge in [-0.3, -0.25) is 9.59 Å². The minimum Gasteiger partial charge on any atom is -0.352 e. The number of carbonyl (C=O) groups is 2. The maximum absolute atomic E-state index is 12.4. The summed E-state index contributed by atoms with van der Waals surface area (Å²) in [5.74, 6) is -0.104. The second-order valence-corrected chi connectivity index (χ2v) is 6.89. The summed E-state index contributed by atoms with van der Waals surface area (Å²) in [6, 6.07) is 13.4. The van der Waals surface area contributed by atoms with E-state index in [4.69, 9.17) is 11.6 Å². The largest absolute Gasteiger partial charge is 0.352 e. The molecule has 1 N–H and O–H groups in total. The number of hydrogen-bond acceptors (Lipinski definition) is 2. The molecule has 0 aliphatic heterocycles. The number of aryl methyl sites for hydroxylation is 2. The molecule has 3 nitrogen and oxygen atoms in total. The summed E-state index contributed by atoms with van der Waals surface area (Å²) in [6.45, 7) is 0.380. The highest BCUT2D eigenvalue weighted by atomic mass is 35.5. The maximum atomic E-state index is 12.4. The first-order valence-corrected chi connectivity index (χ1v) is 9.16. The second-order valence-electron chi connectivity index (χ2n) is 6.48. The van der Waals surface area contributed by atoms with Crippen LogP contribution in [0.25, 0.3) is 0 Å². The van der Waals surface area contributed by atoms with Crippen molar-refractivity contribution in [3.8, 4) is 0 Å². The Bertz CT molecular complexity index is 785. The SMILES string of the molecule is O=C(CCC(=O)c1ccc2c(c1)CCCC2)NCc1ccccc1Cl. The summed E-state index contributed by atoms with van der Waals surface area (Å²) in [5.41, 5.74) is 4.25. The molecule has 0 atom stereocenters. The fourth-order valence-corrected chi connectivity index (χ4v) is 3.40. The number of ketones is 1. The van der Waals surface area contributed by atoms with Crippen molar-refractivity contribution >= 4 is 23.3 Å². The average Bonchev–Trinajstić information content (AvgIpc) is 2.65. The Morgan fingerprint density at radius 2 is 1.72 bits per heavy atom. The molecule has 1 amide bonds. The van der Waals surface area contributed by atoms with Crippen LogP contribution in [-0.2, 0) is 24.2 Å². The molecule has 1 aliphatic rings. The standard InChI is InChI=1S/C21H22ClNO2/c22-19-8-4-3-7-18(19)14-23-21(25)12-11-20(24)17-10-9-15-5-1-2-6-16(15)13-17/h3-4,7-10,13H,1-2,5-6,11-12,14H2,(H,23,25). The molecule has 25 heavy (non-hydrogen) atoms. The zero-order valence-corrected chi connectivity index (χ0v) is 14.9. The van der Waals surface area contributed by atoms with Crippen LogP contribution in [-0.4, -0.2) is 11.7 Å². The Labute approximate surface area is 153 Å². The van der Waals surface area contributed by atoms with Crippen LogP contribution in [0.4, 0.5) is 0 Å². The van der Waals surface area contributed by atoms with Gasteiger partial charge in [0, 0.05) is 30.0 Å². The normalized spacial score (nSPS) is 13.2. The topological polar surface area (TPSA) is 46.2 Å². The van der Waals surface area contributed by atoms with Crippen molar-refractivity contribution in [1.29, 1.82) is 0 Å². The highest BCUT2D eigenvalue weighted by Crippen LogP contribution is 2.23. The molecule has 0 unspecified atom stereocenters. The zero-order chi connectivity index (χ0) is 17.6. The third-order valence-corrected chi connectivity index (χ3v) is 5.05. The first-order valence-electron chi connectivity index (χ1n) is 8.78. The Morgan fingerprint density at radius 1 is 0.960 bits per heavy atom. The lowest BCUT2D eigenvalue weighted by atomic mass is 9.89. The molecule has 0 saturated heterocycles. The first-order chi connectivity index (χ1) is 12.1. The van der Waals surface area contributed by atoms with Gasteiger partial charge in [-0.05, 0) is 54.5 Å². The molecule has 4 heteroatoms. The molecular weight excluding hydrogens is 334 g/mol. The summed E-state index contributed by atoms with van der Waals surface area (Å²) in [4.78, 5) is 24.4. The number of hydrogen-bond donors (Lipinski definition) is 1. The summed E-state index contributed by atoms with van der Waals surface area (Å²) in [5, 5.41) is 3.45. The van der Waals surface area contributed by atoms with Crippen molar-refractivity contribution in [2.45, 2.75) is 45.1 Å². The molecule has 2 aromatic rings. The molecule has 130 valence electrons. The first kappa shape index (κ1) is 17.7. The lowest BCUT2D eigenvalue weighted by molar-refractivity contribution is -0.121. The van der Waals surface area contributed by atoms with E-state index in [1.54, 1.807) is 6.07 Å². The Kier molecular flexibility index (Phi) is 5.87. The van der Waals surface area contributed by atoms with Crippen LogP contribution in [0.2, 0.25) is 5.02 Å². The smallest absolute Gasteiger partial charge is 0.220 e. The van der Waals surface area contributed by atoms with Crippen molar-refractivity contribution in [1.82, 2.24) is 5.32 Å². The number of carbonyl (C=O) groups excluding carboxylic acids is 2. The van der Waals surface area contributed by atoms with Crippen LogP contribution in [0.5, 0.6) is 0 Å². The van der Waals surface area contributed by atoms with Gasteiger partial charge in [-0.15, -0.1) is 0 Å². The molecule has 0 fully saturated rings. The van der Waals surface area contributed by atoms with Gasteiger partial charge in [-0.2, -0.15) is 0 Å². The number of Topliss-reactive ketones (excluding diaryl/α,β-unsaturated/α-hetero) is 1. The van der Waals surface area contributed by atoms with E-state index in [1.807, 2.05) is 30.3 Å². The number of benzene rings is 2. The third kappa shape index (κ3) is 4.70. The summed E-state index contributed by atoms with van der Waals surface area (Å²) >= 11 is 6.07. The van der Waals surface area contributed by atoms with Gasteiger partial charge in [0.05, 0.1) is 0 Å². The molecule has 0 aromatic heterocycles. The quantitative estimate of drug-likeness (QED) is 0.775. The van der Waals surface area contributed by atoms with Crippen molar-refractivity contribution in [2.24, 2.45) is 0 Å². The predicted octanol–water partition coefficient (Wildman–Crippen LogP) is 4.50. The molecular formula is C21H22ClNO2. The van der Waals surface area contributed by atoms with E-state index in [0.717, 1.165) is 24.0 Å². The van der Waals surface area contributed by atoms with E-state index in [2.05, 4.69) is 11.4 Å². The molecule has 0 heterocycles. The van der Waals surface area contributed by atoms with Gasteiger partial charge in [0.25, 0.3) is 0 Å². The van der Waals surface area contributed by atoms with E-state index in [-0.39, 0.29) is 24.5 Å². The third-order valence-electron chi connectivity index (χ3n) is 4.68. The molecule has 3 rings (SSSR count). The highest BCUT2D eigenvalue weighted by Gasteiger charge is 2.14. The Hall–Kier alpha value is -2.13. The number of rotatable bonds is 6. The van der Waals surface area contributed by atoms with E-state index in [1.165, 1.54) is 24.0 Å². The van der Waals surface area contributed by atoms with Gasteiger partial charge < -0.3 is 5.32 Å². The van der Waals surface area contributed by atoms with Gasteiger partial charge in [-0.1, -0.05) is 41.9 Å². The minimum atomic E-state index is -0.133. The van der Waals surface area contributed by atoms with E-state index >= 15 is 0 Å². The summed E-state index contributed by atoms with van der Waals surface area (Å²) < 4.78 is 0. The number of amides is 1. The Morgan fingerprint density at radius 3 is 2.52 bits per heavy atom. The lowest BCUT2D eigenvalue weighted by Gasteiger charge is -2.16. The van der Waals surface area contributed by atoms with Crippen molar-refractivity contribution < 1.29 is 9.59 Å². The van der Waals surface area contributed by atoms with Crippen LogP contribution in [0.15, 0.2) is 42.5 Å². The average molecular weight is 356 g/mol. The number of nitrogens with one attached hydrogen (secondary N) is 1. The van der Waals surface area contributed by atoms with Crippen LogP contribution in [0.3, 0.4) is 0 Å². The van der Waals surface area contributed by atoms with Crippen molar-refractivity contribution in [3.63, 3.8) is 0 Å². The maximum Gasteiger partial charge on any atom is 0.220 e. The van der Waals surface area contributed by atoms with Crippen molar-refractivity contribution in [2.75, 3.05) is 0 Å². The van der Waals surface area contributed by atoms with E-state index in [9.17, 15) is 9.59 Å². The monoisotopic (exact) mass is 355 g/mol. The van der Waals surface area contributed by atoms with Crippen LogP contribution in [0, 0.1) is 0 Å². The zero-order valence-electron chi connectivity index (χ0n) is 14.2. The number of halogens is 1. The van der Waals surface area contributed by atoms with Crippen molar-refractivity contribution in [3.05, 3.63) is 69.7 Å². The highest BCUT2D eigenvalue weighted by molar-refractivity contribution is 6.31. The van der Waals surface area contributed by atoms with Gasteiger partial charge in [-0.25, -0.2) is 0 Å². The summed E-state index contributed by atoms with van der Waals surface area (Å²) in [6.07, 6.45) is 5.00. The van der Waals surface area contributed by atoms with Crippen LogP contribution >= 0.6 is 11.6 Å². The van der Waals surface area contributed by atoms with E-state index < -0.39 is 0 Å². The second kappa shape index (κ2) is 8.30. The predicted molar refractivity (Wildman–Crippen MR) is 99.9 cm³/mol. The number of fused-ring (bicyclic) bond motifs is 1. The van der Waals surface area contributed by atoms with Gasteiger partial charge in [0.2, 0.25) is 5.91 Å². The molecule has 0 bridgehead atoms. The van der Waals surface area contributed by atoms with Gasteiger partial charge >= 0.3 is 0 Å². The Balaban J connectivity index is 1.50. The fraction of sp³-hybridized carbons (Fsp3) is 0.333.